The Morgan fingerprint density at radius 3 is 3.11 bits per heavy atom. The Bertz CT molecular complexity index is 553. The molecule has 0 saturated heterocycles. The number of rotatable bonds is 3. The summed E-state index contributed by atoms with van der Waals surface area (Å²) in [6, 6.07) is 2.94. The van der Waals surface area contributed by atoms with E-state index in [1.165, 1.54) is 23.4 Å². The lowest BCUT2D eigenvalue weighted by Crippen LogP contribution is -2.21. The molecule has 0 amide bonds. The lowest BCUT2D eigenvalue weighted by Gasteiger charge is -2.25. The van der Waals surface area contributed by atoms with Crippen LogP contribution in [0.1, 0.15) is 48.8 Å². The molecule has 0 radical (unpaired) electrons. The molecule has 2 aromatic heterocycles. The van der Waals surface area contributed by atoms with Gasteiger partial charge < -0.3 is 14.9 Å². The van der Waals surface area contributed by atoms with Crippen LogP contribution in [0.25, 0.3) is 0 Å². The molecule has 0 aliphatic heterocycles. The van der Waals surface area contributed by atoms with Crippen LogP contribution in [-0.4, -0.2) is 14.1 Å². The van der Waals surface area contributed by atoms with Crippen molar-refractivity contribution < 1.29 is 0 Å². The third-order valence-corrected chi connectivity index (χ3v) is 4.17. The third kappa shape index (κ3) is 2.21. The van der Waals surface area contributed by atoms with E-state index in [0.29, 0.717) is 6.04 Å². The predicted molar refractivity (Wildman–Crippen MR) is 76.0 cm³/mol. The topological polar surface area (TPSA) is 48.8 Å². The van der Waals surface area contributed by atoms with Gasteiger partial charge in [0.25, 0.3) is 0 Å². The maximum Gasteiger partial charge on any atom is 0.0946 e. The molecule has 0 fully saturated rings. The van der Waals surface area contributed by atoms with Gasteiger partial charge in [0.05, 0.1) is 6.33 Å². The van der Waals surface area contributed by atoms with Gasteiger partial charge in [-0.1, -0.05) is 0 Å². The number of imidazole rings is 1. The minimum atomic E-state index is 0.226. The second kappa shape index (κ2) is 4.85. The summed E-state index contributed by atoms with van der Waals surface area (Å²) in [6.07, 6.45) is 9.22. The summed E-state index contributed by atoms with van der Waals surface area (Å²) >= 11 is 0. The summed E-state index contributed by atoms with van der Waals surface area (Å²) in [5.41, 5.74) is 10.4. The highest BCUT2D eigenvalue weighted by atomic mass is 15.1. The van der Waals surface area contributed by atoms with Gasteiger partial charge in [-0.3, -0.25) is 0 Å². The summed E-state index contributed by atoms with van der Waals surface area (Å²) in [5.74, 6) is 0. The number of aryl methyl sites for hydroxylation is 1. The highest BCUT2D eigenvalue weighted by Crippen LogP contribution is 2.33. The lowest BCUT2D eigenvalue weighted by molar-refractivity contribution is 0.433. The number of aromatic nitrogens is 3. The van der Waals surface area contributed by atoms with E-state index in [1.807, 2.05) is 18.7 Å². The van der Waals surface area contributed by atoms with Gasteiger partial charge in [0, 0.05) is 42.4 Å². The van der Waals surface area contributed by atoms with Gasteiger partial charge in [-0.2, -0.15) is 0 Å². The normalized spacial score (nSPS) is 20.3. The summed E-state index contributed by atoms with van der Waals surface area (Å²) in [6.45, 7) is 5.42. The first-order valence-electron chi connectivity index (χ1n) is 7.08. The Balaban J connectivity index is 1.92. The fraction of sp³-hybridized carbons (Fsp3) is 0.533. The van der Waals surface area contributed by atoms with Gasteiger partial charge in [0.15, 0.2) is 0 Å². The second-order valence-corrected chi connectivity index (χ2v) is 5.66. The Morgan fingerprint density at radius 1 is 1.53 bits per heavy atom. The Labute approximate surface area is 114 Å². The van der Waals surface area contributed by atoms with Gasteiger partial charge >= 0.3 is 0 Å². The maximum absolute atomic E-state index is 6.24. The van der Waals surface area contributed by atoms with Crippen molar-refractivity contribution >= 4 is 0 Å². The largest absolute Gasteiger partial charge is 0.344 e. The van der Waals surface area contributed by atoms with E-state index >= 15 is 0 Å². The second-order valence-electron chi connectivity index (χ2n) is 5.66. The van der Waals surface area contributed by atoms with E-state index in [0.717, 1.165) is 19.4 Å². The fourth-order valence-corrected chi connectivity index (χ4v) is 3.36. The zero-order chi connectivity index (χ0) is 13.4. The molecule has 4 nitrogen and oxygen atoms in total. The van der Waals surface area contributed by atoms with Crippen LogP contribution in [0.5, 0.6) is 0 Å². The molecular formula is C15H22N4. The van der Waals surface area contributed by atoms with Crippen LogP contribution in [0.2, 0.25) is 0 Å². The molecule has 2 unspecified atom stereocenters. The molecule has 2 heterocycles. The molecule has 0 bridgehead atoms. The van der Waals surface area contributed by atoms with Gasteiger partial charge in [-0.05, 0) is 44.7 Å². The quantitative estimate of drug-likeness (QED) is 0.920. The van der Waals surface area contributed by atoms with Crippen LogP contribution < -0.4 is 5.73 Å². The minimum absolute atomic E-state index is 0.226. The van der Waals surface area contributed by atoms with E-state index in [9.17, 15) is 0 Å². The van der Waals surface area contributed by atoms with E-state index in [2.05, 4.69) is 34.0 Å². The molecule has 4 heteroatoms. The molecule has 2 N–H and O–H groups in total. The first-order chi connectivity index (χ1) is 9.16. The van der Waals surface area contributed by atoms with E-state index < -0.39 is 0 Å². The van der Waals surface area contributed by atoms with Gasteiger partial charge in [-0.25, -0.2) is 4.98 Å². The van der Waals surface area contributed by atoms with Gasteiger partial charge in [0.1, 0.15) is 0 Å². The zero-order valence-electron chi connectivity index (χ0n) is 11.7. The summed E-state index contributed by atoms with van der Waals surface area (Å²) < 4.78 is 4.60. The molecule has 0 spiro atoms. The molecule has 1 aliphatic rings. The highest BCUT2D eigenvalue weighted by Gasteiger charge is 2.24. The van der Waals surface area contributed by atoms with Crippen molar-refractivity contribution in [1.82, 2.24) is 14.1 Å². The Hall–Kier alpha value is -1.55. The average molecular weight is 258 g/mol. The van der Waals surface area contributed by atoms with Crippen molar-refractivity contribution in [1.29, 1.82) is 0 Å². The molecule has 19 heavy (non-hydrogen) atoms. The number of hydrogen-bond donors (Lipinski definition) is 1. The number of hydrogen-bond acceptors (Lipinski definition) is 2. The highest BCUT2D eigenvalue weighted by molar-refractivity contribution is 5.33. The monoisotopic (exact) mass is 258 g/mol. The van der Waals surface area contributed by atoms with Crippen molar-refractivity contribution in [3.63, 3.8) is 0 Å². The van der Waals surface area contributed by atoms with Crippen molar-refractivity contribution in [2.75, 3.05) is 0 Å². The number of nitrogens with zero attached hydrogens (tertiary/aromatic N) is 3. The Kier molecular flexibility index (Phi) is 3.19. The third-order valence-electron chi connectivity index (χ3n) is 4.17. The summed E-state index contributed by atoms with van der Waals surface area (Å²) in [5, 5.41) is 0. The molecule has 102 valence electrons. The number of fused-ring (bicyclic) bond motifs is 1. The minimum Gasteiger partial charge on any atom is -0.344 e. The average Bonchev–Trinajstić information content (AvgIpc) is 2.96. The Morgan fingerprint density at radius 2 is 2.37 bits per heavy atom. The zero-order valence-corrected chi connectivity index (χ0v) is 11.7. The first kappa shape index (κ1) is 12.5. The van der Waals surface area contributed by atoms with Crippen molar-refractivity contribution in [2.45, 2.75) is 51.7 Å². The fourth-order valence-electron chi connectivity index (χ4n) is 3.36. The molecule has 0 saturated carbocycles. The molecule has 2 atom stereocenters. The number of nitrogens with two attached hydrogens (primary N) is 1. The van der Waals surface area contributed by atoms with E-state index in [-0.39, 0.29) is 6.04 Å². The summed E-state index contributed by atoms with van der Waals surface area (Å²) in [7, 11) is 0. The van der Waals surface area contributed by atoms with Crippen LogP contribution in [-0.2, 0) is 13.0 Å². The predicted octanol–water partition coefficient (Wildman–Crippen LogP) is 2.59. The molecule has 0 aromatic carbocycles. The summed E-state index contributed by atoms with van der Waals surface area (Å²) in [4.78, 5) is 4.11. The van der Waals surface area contributed by atoms with Crippen LogP contribution in [0.15, 0.2) is 24.8 Å². The van der Waals surface area contributed by atoms with Crippen molar-refractivity contribution in [3.05, 3.63) is 41.7 Å². The smallest absolute Gasteiger partial charge is 0.0946 e. The van der Waals surface area contributed by atoms with Gasteiger partial charge in [-0.15, -0.1) is 0 Å². The molecule has 1 aliphatic carbocycles. The van der Waals surface area contributed by atoms with Gasteiger partial charge in [0.2, 0.25) is 0 Å². The first-order valence-corrected chi connectivity index (χ1v) is 7.08. The van der Waals surface area contributed by atoms with Crippen LogP contribution in [0, 0.1) is 6.92 Å². The lowest BCUT2D eigenvalue weighted by atomic mass is 9.93. The van der Waals surface area contributed by atoms with Crippen LogP contribution in [0.3, 0.4) is 0 Å². The molecule has 3 rings (SSSR count). The standard InChI is InChI=1S/C15H22N4/c1-11-8-13-14(16)4-3-5-15(13)19(11)12(2)9-18-7-6-17-10-18/h6-8,10,12,14H,3-5,9,16H2,1-2H3. The molecule has 2 aromatic rings. The SMILES string of the molecule is Cc1cc2c(n1C(C)Cn1ccnc1)CCCC2N. The van der Waals surface area contributed by atoms with E-state index in [4.69, 9.17) is 5.73 Å². The molecular weight excluding hydrogens is 236 g/mol. The van der Waals surface area contributed by atoms with Crippen LogP contribution in [0.4, 0.5) is 0 Å². The maximum atomic E-state index is 6.24. The van der Waals surface area contributed by atoms with Crippen molar-refractivity contribution in [2.24, 2.45) is 5.73 Å². The van der Waals surface area contributed by atoms with E-state index in [1.54, 1.807) is 0 Å². The van der Waals surface area contributed by atoms with Crippen LogP contribution >= 0.6 is 0 Å². The van der Waals surface area contributed by atoms with Crippen molar-refractivity contribution in [3.8, 4) is 0 Å².